The van der Waals surface area contributed by atoms with Crippen molar-refractivity contribution in [3.05, 3.63) is 107 Å². The van der Waals surface area contributed by atoms with Gasteiger partial charge in [-0.05, 0) is 26.7 Å². The third-order valence-corrected chi connectivity index (χ3v) is 6.85. The van der Waals surface area contributed by atoms with Crippen molar-refractivity contribution in [1.82, 2.24) is 14.9 Å². The Hall–Kier alpha value is -4.12. The summed E-state index contributed by atoms with van der Waals surface area (Å²) >= 11 is 0. The van der Waals surface area contributed by atoms with Gasteiger partial charge in [0.05, 0.1) is 17.6 Å². The fourth-order valence-electron chi connectivity index (χ4n) is 4.67. The van der Waals surface area contributed by atoms with Crippen molar-refractivity contribution in [2.75, 3.05) is 13.1 Å². The summed E-state index contributed by atoms with van der Waals surface area (Å²) in [6.45, 7) is 5.16. The molecule has 0 atom stereocenters. The maximum Gasteiger partial charge on any atom is 0.274 e. The van der Waals surface area contributed by atoms with Crippen molar-refractivity contribution in [3.8, 4) is 22.5 Å². The van der Waals surface area contributed by atoms with E-state index in [0.717, 1.165) is 27.9 Å². The van der Waals surface area contributed by atoms with Gasteiger partial charge in [0.1, 0.15) is 5.69 Å². The fraction of sp³-hybridized carbons (Fsp3) is 0.226. The predicted molar refractivity (Wildman–Crippen MR) is 142 cm³/mol. The molecule has 1 aromatic heterocycles. The minimum atomic E-state index is -0.142. The van der Waals surface area contributed by atoms with Crippen molar-refractivity contribution < 1.29 is 9.59 Å². The lowest BCUT2D eigenvalue weighted by Gasteiger charge is -2.31. The normalized spacial score (nSPS) is 14.0. The van der Waals surface area contributed by atoms with Crippen molar-refractivity contribution in [3.63, 3.8) is 0 Å². The van der Waals surface area contributed by atoms with Crippen molar-refractivity contribution in [2.24, 2.45) is 5.92 Å². The van der Waals surface area contributed by atoms with Gasteiger partial charge in [-0.25, -0.2) is 4.98 Å². The van der Waals surface area contributed by atoms with Gasteiger partial charge in [0.2, 0.25) is 0 Å². The van der Waals surface area contributed by atoms with E-state index >= 15 is 0 Å². The molecule has 1 amide bonds. The summed E-state index contributed by atoms with van der Waals surface area (Å²) < 4.78 is 0. The third-order valence-electron chi connectivity index (χ3n) is 6.85. The van der Waals surface area contributed by atoms with E-state index in [1.807, 2.05) is 73.7 Å². The molecule has 0 radical (unpaired) electrons. The molecule has 0 bridgehead atoms. The predicted octanol–water partition coefficient (Wildman–Crippen LogP) is 6.16. The summed E-state index contributed by atoms with van der Waals surface area (Å²) in [6, 6.07) is 25.7. The van der Waals surface area contributed by atoms with Gasteiger partial charge in [-0.2, -0.15) is 0 Å². The Kier molecular flexibility index (Phi) is 6.72. The summed E-state index contributed by atoms with van der Waals surface area (Å²) in [5, 5.41) is 0. The number of carbonyl (C=O) groups excluding carboxylic acids is 2. The Bertz CT molecular complexity index is 1370. The lowest BCUT2D eigenvalue weighted by molar-refractivity contribution is 0.0645. The number of amides is 1. The first kappa shape index (κ1) is 23.6. The van der Waals surface area contributed by atoms with Crippen LogP contribution in [0.4, 0.5) is 0 Å². The summed E-state index contributed by atoms with van der Waals surface area (Å²) in [4.78, 5) is 37.6. The fourth-order valence-corrected chi connectivity index (χ4v) is 4.67. The van der Waals surface area contributed by atoms with E-state index in [-0.39, 0.29) is 17.6 Å². The molecule has 180 valence electrons. The highest BCUT2D eigenvalue weighted by Crippen LogP contribution is 2.30. The Morgan fingerprint density at radius 2 is 1.31 bits per heavy atom. The van der Waals surface area contributed by atoms with Gasteiger partial charge < -0.3 is 4.90 Å². The van der Waals surface area contributed by atoms with Crippen LogP contribution >= 0.6 is 0 Å². The van der Waals surface area contributed by atoms with Gasteiger partial charge in [0.15, 0.2) is 5.78 Å². The van der Waals surface area contributed by atoms with Crippen LogP contribution in [0.15, 0.2) is 85.1 Å². The lowest BCUT2D eigenvalue weighted by atomic mass is 9.89. The number of aromatic nitrogens is 2. The van der Waals surface area contributed by atoms with Gasteiger partial charge in [-0.1, -0.05) is 90.0 Å². The summed E-state index contributed by atoms with van der Waals surface area (Å²) in [6.07, 6.45) is 2.88. The van der Waals surface area contributed by atoms with Crippen LogP contribution < -0.4 is 0 Å². The smallest absolute Gasteiger partial charge is 0.274 e. The molecule has 1 aliphatic heterocycles. The number of hydrogen-bond acceptors (Lipinski definition) is 4. The molecule has 1 fully saturated rings. The summed E-state index contributed by atoms with van der Waals surface area (Å²) in [7, 11) is 0. The number of hydrogen-bond donors (Lipinski definition) is 0. The maximum absolute atomic E-state index is 13.4. The first-order valence-corrected chi connectivity index (χ1v) is 12.4. The van der Waals surface area contributed by atoms with Crippen LogP contribution in [0.1, 0.15) is 44.8 Å². The molecule has 0 saturated carbocycles. The van der Waals surface area contributed by atoms with E-state index in [9.17, 15) is 9.59 Å². The molecule has 0 spiro atoms. The number of nitrogens with zero attached hydrogens (tertiary/aromatic N) is 3. The zero-order valence-electron chi connectivity index (χ0n) is 20.6. The third kappa shape index (κ3) is 4.96. The number of carbonyl (C=O) groups is 2. The van der Waals surface area contributed by atoms with Crippen LogP contribution in [-0.2, 0) is 0 Å². The van der Waals surface area contributed by atoms with Crippen LogP contribution in [0.5, 0.6) is 0 Å². The maximum atomic E-state index is 13.4. The van der Waals surface area contributed by atoms with Crippen molar-refractivity contribution >= 4 is 11.7 Å². The highest BCUT2D eigenvalue weighted by Gasteiger charge is 2.29. The molecule has 0 aliphatic carbocycles. The highest BCUT2D eigenvalue weighted by atomic mass is 16.2. The molecular formula is C31H29N3O2. The number of piperidine rings is 1. The second-order valence-electron chi connectivity index (χ2n) is 9.48. The Labute approximate surface area is 211 Å². The Balaban J connectivity index is 1.39. The zero-order valence-corrected chi connectivity index (χ0v) is 20.6. The topological polar surface area (TPSA) is 63.2 Å². The minimum Gasteiger partial charge on any atom is -0.337 e. The number of benzene rings is 3. The number of Topliss-reactive ketones (excluding diaryl/α,β-unsaturated/α-hetero) is 1. The number of likely N-dealkylation sites (tertiary alicyclic amines) is 1. The Morgan fingerprint density at radius 1 is 0.750 bits per heavy atom. The van der Waals surface area contributed by atoms with E-state index in [2.05, 4.69) is 19.1 Å². The highest BCUT2D eigenvalue weighted by molar-refractivity contribution is 5.98. The van der Waals surface area contributed by atoms with Crippen LogP contribution in [0.3, 0.4) is 0 Å². The van der Waals surface area contributed by atoms with Gasteiger partial charge in [-0.15, -0.1) is 0 Å². The van der Waals surface area contributed by atoms with E-state index in [1.165, 1.54) is 5.56 Å². The number of ketones is 1. The Morgan fingerprint density at radius 3 is 1.89 bits per heavy atom. The van der Waals surface area contributed by atoms with Crippen molar-refractivity contribution in [2.45, 2.75) is 26.7 Å². The van der Waals surface area contributed by atoms with Crippen LogP contribution in [0.2, 0.25) is 0 Å². The average molecular weight is 476 g/mol. The molecule has 1 aliphatic rings. The standard InChI is InChI=1S/C31H29N3O2/c1-21-8-12-23(13-9-21)28-29(24-14-10-22(2)11-15-24)33-27(20-32-28)31(36)34-18-16-26(17-19-34)30(35)25-6-4-3-5-7-25/h3-15,20,26H,16-19H2,1-2H3. The van der Waals surface area contributed by atoms with Crippen LogP contribution in [0, 0.1) is 19.8 Å². The van der Waals surface area contributed by atoms with Gasteiger partial charge in [-0.3, -0.25) is 14.6 Å². The quantitative estimate of drug-likeness (QED) is 0.324. The molecule has 4 aromatic rings. The monoisotopic (exact) mass is 475 g/mol. The van der Waals surface area contributed by atoms with Gasteiger partial charge >= 0.3 is 0 Å². The van der Waals surface area contributed by atoms with Crippen LogP contribution in [0.25, 0.3) is 22.5 Å². The van der Waals surface area contributed by atoms with E-state index in [1.54, 1.807) is 11.1 Å². The molecule has 2 heterocycles. The molecule has 0 unspecified atom stereocenters. The number of aryl methyl sites for hydroxylation is 2. The molecule has 5 nitrogen and oxygen atoms in total. The van der Waals surface area contributed by atoms with E-state index in [0.29, 0.717) is 37.3 Å². The lowest BCUT2D eigenvalue weighted by Crippen LogP contribution is -2.40. The number of rotatable bonds is 5. The van der Waals surface area contributed by atoms with E-state index in [4.69, 9.17) is 9.97 Å². The molecule has 36 heavy (non-hydrogen) atoms. The van der Waals surface area contributed by atoms with Gasteiger partial charge in [0.25, 0.3) is 5.91 Å². The zero-order chi connectivity index (χ0) is 25.1. The SMILES string of the molecule is Cc1ccc(-c2ncc(C(=O)N3CCC(C(=O)c4ccccc4)CC3)nc2-c2ccc(C)cc2)cc1. The second kappa shape index (κ2) is 10.2. The molecule has 3 aromatic carbocycles. The largest absolute Gasteiger partial charge is 0.337 e. The first-order chi connectivity index (χ1) is 17.5. The average Bonchev–Trinajstić information content (AvgIpc) is 2.93. The molecular weight excluding hydrogens is 446 g/mol. The van der Waals surface area contributed by atoms with E-state index < -0.39 is 0 Å². The van der Waals surface area contributed by atoms with Crippen molar-refractivity contribution in [1.29, 1.82) is 0 Å². The van der Waals surface area contributed by atoms with Gasteiger partial charge in [0, 0.05) is 35.7 Å². The molecule has 5 rings (SSSR count). The first-order valence-electron chi connectivity index (χ1n) is 12.4. The minimum absolute atomic E-state index is 0.0606. The second-order valence-corrected chi connectivity index (χ2v) is 9.48. The summed E-state index contributed by atoms with van der Waals surface area (Å²) in [5.41, 5.74) is 6.72. The summed E-state index contributed by atoms with van der Waals surface area (Å²) in [5.74, 6) is -0.0434. The molecule has 1 saturated heterocycles. The van der Waals surface area contributed by atoms with Crippen LogP contribution in [-0.4, -0.2) is 39.6 Å². The molecule has 5 heteroatoms. The molecule has 0 N–H and O–H groups in total.